The van der Waals surface area contributed by atoms with E-state index in [0.717, 1.165) is 0 Å². The number of nitrogens with zero attached hydrogens (tertiary/aromatic N) is 1. The summed E-state index contributed by atoms with van der Waals surface area (Å²) >= 11 is 0. The predicted octanol–water partition coefficient (Wildman–Crippen LogP) is 2.13. The van der Waals surface area contributed by atoms with Gasteiger partial charge in [0.05, 0.1) is 19.2 Å². The third-order valence-corrected chi connectivity index (χ3v) is 4.20. The molecule has 0 unspecified atom stereocenters. The van der Waals surface area contributed by atoms with Gasteiger partial charge in [-0.1, -0.05) is 18.2 Å². The second-order valence-electron chi connectivity index (χ2n) is 5.57. The number of carbonyl (C=O) groups is 2. The molecule has 0 aromatic heterocycles. The average molecular weight is 311 g/mol. The first kappa shape index (κ1) is 15.2. The number of methoxy groups -OCH3 is 1. The van der Waals surface area contributed by atoms with Crippen molar-refractivity contribution >= 4 is 17.4 Å². The summed E-state index contributed by atoms with van der Waals surface area (Å²) in [7, 11) is 3.14. The molecule has 0 spiro atoms. The van der Waals surface area contributed by atoms with Crippen LogP contribution in [0, 0.1) is 0 Å². The van der Waals surface area contributed by atoms with Gasteiger partial charge in [-0.05, 0) is 30.3 Å². The van der Waals surface area contributed by atoms with Crippen molar-refractivity contribution in [2.75, 3.05) is 19.1 Å². The van der Waals surface area contributed by atoms with Gasteiger partial charge < -0.3 is 14.7 Å². The molecule has 1 amide bonds. The average Bonchev–Trinajstić information content (AvgIpc) is 2.77. The number of ether oxygens (including phenoxy) is 1. The third kappa shape index (κ3) is 2.39. The van der Waals surface area contributed by atoms with E-state index in [9.17, 15) is 14.7 Å². The van der Waals surface area contributed by atoms with E-state index in [1.165, 1.54) is 4.90 Å². The second kappa shape index (κ2) is 5.52. The number of rotatable bonds is 4. The Labute approximate surface area is 134 Å². The van der Waals surface area contributed by atoms with E-state index in [-0.39, 0.29) is 12.2 Å². The van der Waals surface area contributed by atoms with Gasteiger partial charge in [0, 0.05) is 18.2 Å². The minimum absolute atomic E-state index is 0.292. The molecule has 0 bridgehead atoms. The summed E-state index contributed by atoms with van der Waals surface area (Å²) in [5.74, 6) is -0.142. The number of Topliss-reactive ketones (excluding diaryl/α,β-unsaturated/α-hetero) is 1. The van der Waals surface area contributed by atoms with Crippen molar-refractivity contribution in [1.82, 2.24) is 0 Å². The number of benzene rings is 2. The summed E-state index contributed by atoms with van der Waals surface area (Å²) in [6.45, 7) is 0. The van der Waals surface area contributed by atoms with Crippen LogP contribution in [-0.2, 0) is 10.4 Å². The number of amides is 1. The Bertz CT molecular complexity index is 769. The summed E-state index contributed by atoms with van der Waals surface area (Å²) in [5.41, 5.74) is -0.293. The topological polar surface area (TPSA) is 66.8 Å². The highest BCUT2D eigenvalue weighted by Crippen LogP contribution is 2.41. The van der Waals surface area contributed by atoms with Gasteiger partial charge in [0.25, 0.3) is 5.91 Å². The van der Waals surface area contributed by atoms with Crippen molar-refractivity contribution in [3.05, 3.63) is 59.7 Å². The molecule has 5 heteroatoms. The fraction of sp³-hybridized carbons (Fsp3) is 0.222. The van der Waals surface area contributed by atoms with Gasteiger partial charge in [0.2, 0.25) is 0 Å². The number of ketones is 1. The molecule has 3 rings (SSSR count). The number of carbonyl (C=O) groups excluding carboxylic acids is 2. The molecule has 0 aliphatic carbocycles. The molecule has 0 fully saturated rings. The summed E-state index contributed by atoms with van der Waals surface area (Å²) < 4.78 is 5.06. The van der Waals surface area contributed by atoms with Gasteiger partial charge in [-0.2, -0.15) is 0 Å². The molecule has 1 N–H and O–H groups in total. The van der Waals surface area contributed by atoms with Crippen LogP contribution in [0.3, 0.4) is 0 Å². The second-order valence-corrected chi connectivity index (χ2v) is 5.57. The van der Waals surface area contributed by atoms with E-state index in [1.807, 2.05) is 0 Å². The Balaban J connectivity index is 1.92. The summed E-state index contributed by atoms with van der Waals surface area (Å²) in [4.78, 5) is 26.3. The minimum atomic E-state index is -1.82. The molecule has 0 saturated carbocycles. The van der Waals surface area contributed by atoms with Crippen LogP contribution in [0.25, 0.3) is 0 Å². The van der Waals surface area contributed by atoms with Gasteiger partial charge in [-0.15, -0.1) is 0 Å². The van der Waals surface area contributed by atoms with E-state index < -0.39 is 11.5 Å². The summed E-state index contributed by atoms with van der Waals surface area (Å²) in [5, 5.41) is 10.9. The van der Waals surface area contributed by atoms with Crippen LogP contribution in [0.15, 0.2) is 48.5 Å². The molecule has 1 aliphatic heterocycles. The quantitative estimate of drug-likeness (QED) is 0.879. The smallest absolute Gasteiger partial charge is 0.263 e. The molecule has 1 aliphatic rings. The van der Waals surface area contributed by atoms with Crippen LogP contribution >= 0.6 is 0 Å². The number of hydrogen-bond donors (Lipinski definition) is 1. The first-order chi connectivity index (χ1) is 11.0. The number of para-hydroxylation sites is 1. The largest absolute Gasteiger partial charge is 0.497 e. The zero-order chi connectivity index (χ0) is 16.6. The maximum atomic E-state index is 12.5. The highest BCUT2D eigenvalue weighted by molar-refractivity contribution is 6.10. The number of anilines is 1. The van der Waals surface area contributed by atoms with Gasteiger partial charge in [-0.3, -0.25) is 9.59 Å². The van der Waals surface area contributed by atoms with Crippen LogP contribution < -0.4 is 9.64 Å². The molecule has 1 atom stereocenters. The first-order valence-electron chi connectivity index (χ1n) is 7.24. The molecule has 0 radical (unpaired) electrons. The van der Waals surface area contributed by atoms with Crippen LogP contribution in [-0.4, -0.2) is 31.0 Å². The monoisotopic (exact) mass is 311 g/mol. The number of aliphatic hydroxyl groups is 1. The SMILES string of the molecule is COc1ccc(C(=O)C[C@@]2(O)C(=O)N(C)c3ccccc32)cc1. The Hall–Kier alpha value is -2.66. The predicted molar refractivity (Wildman–Crippen MR) is 85.7 cm³/mol. The lowest BCUT2D eigenvalue weighted by atomic mass is 9.88. The third-order valence-electron chi connectivity index (χ3n) is 4.20. The summed E-state index contributed by atoms with van der Waals surface area (Å²) in [6, 6.07) is 13.6. The van der Waals surface area contributed by atoms with Crippen LogP contribution in [0.1, 0.15) is 22.3 Å². The normalized spacial score (nSPS) is 19.6. The van der Waals surface area contributed by atoms with E-state index in [2.05, 4.69) is 0 Å². The van der Waals surface area contributed by atoms with Gasteiger partial charge in [0.15, 0.2) is 11.4 Å². The van der Waals surface area contributed by atoms with E-state index >= 15 is 0 Å². The number of hydrogen-bond acceptors (Lipinski definition) is 4. The minimum Gasteiger partial charge on any atom is -0.497 e. The Kier molecular flexibility index (Phi) is 3.66. The molecule has 23 heavy (non-hydrogen) atoms. The summed E-state index contributed by atoms with van der Waals surface area (Å²) in [6.07, 6.45) is -0.292. The molecule has 0 saturated heterocycles. The van der Waals surface area contributed by atoms with Crippen molar-refractivity contribution < 1.29 is 19.4 Å². The van der Waals surface area contributed by atoms with Gasteiger partial charge >= 0.3 is 0 Å². The first-order valence-corrected chi connectivity index (χ1v) is 7.24. The van der Waals surface area contributed by atoms with Crippen LogP contribution in [0.5, 0.6) is 5.75 Å². The molecule has 1 heterocycles. The van der Waals surface area contributed by atoms with Crippen molar-refractivity contribution in [2.45, 2.75) is 12.0 Å². The van der Waals surface area contributed by atoms with Crippen LogP contribution in [0.2, 0.25) is 0 Å². The van der Waals surface area contributed by atoms with Crippen molar-refractivity contribution in [3.63, 3.8) is 0 Å². The van der Waals surface area contributed by atoms with Gasteiger partial charge in [0.1, 0.15) is 5.75 Å². The standard InChI is InChI=1S/C18H17NO4/c1-19-15-6-4-3-5-14(15)18(22,17(19)21)11-16(20)12-7-9-13(23-2)10-8-12/h3-10,22H,11H2,1-2H3/t18-/m0/s1. The van der Waals surface area contributed by atoms with Crippen LogP contribution in [0.4, 0.5) is 5.69 Å². The Morgan fingerprint density at radius 3 is 2.48 bits per heavy atom. The number of fused-ring (bicyclic) bond motifs is 1. The molecule has 2 aromatic carbocycles. The van der Waals surface area contributed by atoms with Crippen molar-refractivity contribution in [1.29, 1.82) is 0 Å². The van der Waals surface area contributed by atoms with E-state index in [4.69, 9.17) is 4.74 Å². The zero-order valence-corrected chi connectivity index (χ0v) is 12.9. The lowest BCUT2D eigenvalue weighted by molar-refractivity contribution is -0.135. The molecule has 5 nitrogen and oxygen atoms in total. The Morgan fingerprint density at radius 1 is 1.17 bits per heavy atom. The maximum absolute atomic E-state index is 12.5. The van der Waals surface area contributed by atoms with Crippen molar-refractivity contribution in [3.8, 4) is 5.75 Å². The highest BCUT2D eigenvalue weighted by atomic mass is 16.5. The zero-order valence-electron chi connectivity index (χ0n) is 12.9. The fourth-order valence-electron chi connectivity index (χ4n) is 2.90. The molecule has 118 valence electrons. The van der Waals surface area contributed by atoms with E-state index in [0.29, 0.717) is 22.6 Å². The molecular formula is C18H17NO4. The lowest BCUT2D eigenvalue weighted by Gasteiger charge is -2.21. The van der Waals surface area contributed by atoms with E-state index in [1.54, 1.807) is 62.7 Å². The lowest BCUT2D eigenvalue weighted by Crippen LogP contribution is -2.40. The molecular weight excluding hydrogens is 294 g/mol. The maximum Gasteiger partial charge on any atom is 0.263 e. The number of likely N-dealkylation sites (N-methyl/N-ethyl adjacent to an activating group) is 1. The molecule has 2 aromatic rings. The Morgan fingerprint density at radius 2 is 1.83 bits per heavy atom. The van der Waals surface area contributed by atoms with Gasteiger partial charge in [-0.25, -0.2) is 0 Å². The fourth-order valence-corrected chi connectivity index (χ4v) is 2.90. The highest BCUT2D eigenvalue weighted by Gasteiger charge is 2.49. The van der Waals surface area contributed by atoms with Crippen molar-refractivity contribution in [2.24, 2.45) is 0 Å².